The third kappa shape index (κ3) is 12.6. The monoisotopic (exact) mass is 707 g/mol. The van der Waals surface area contributed by atoms with E-state index in [1.54, 1.807) is 11.7 Å². The number of carbonyl (C=O) groups excluding carboxylic acids is 3. The maximum atomic E-state index is 13.7. The van der Waals surface area contributed by atoms with Gasteiger partial charge in [0.15, 0.2) is 0 Å². The smallest absolute Gasteiger partial charge is 0.408 e. The highest BCUT2D eigenvalue weighted by molar-refractivity contribution is 7.09. The lowest BCUT2D eigenvalue weighted by atomic mass is 9.93. The molecule has 0 fully saturated rings. The van der Waals surface area contributed by atoms with Gasteiger partial charge in [-0.05, 0) is 36.3 Å². The number of benzene rings is 2. The van der Waals surface area contributed by atoms with Crippen LogP contribution < -0.4 is 16.0 Å². The van der Waals surface area contributed by atoms with Crippen molar-refractivity contribution >= 4 is 40.8 Å². The molecule has 11 nitrogen and oxygen atoms in total. The Hall–Kier alpha value is -4.33. The first-order valence-corrected chi connectivity index (χ1v) is 18.1. The summed E-state index contributed by atoms with van der Waals surface area (Å²) in [5.41, 5.74) is 4.18. The number of rotatable bonds is 17. The first-order valence-electron chi connectivity index (χ1n) is 16.3. The first-order chi connectivity index (χ1) is 23.6. The topological polar surface area (TPSA) is 152 Å². The number of carbonyl (C=O) groups is 3. The van der Waals surface area contributed by atoms with Gasteiger partial charge in [0.05, 0.1) is 33.2 Å². The van der Waals surface area contributed by atoms with E-state index in [1.807, 2.05) is 93.7 Å². The summed E-state index contributed by atoms with van der Waals surface area (Å²) in [5, 5.41) is 23.1. The number of ether oxygens (including phenoxy) is 2. The van der Waals surface area contributed by atoms with E-state index in [2.05, 4.69) is 25.9 Å². The van der Waals surface area contributed by atoms with E-state index < -0.39 is 42.3 Å². The molecule has 4 atom stereocenters. The first kappa shape index (κ1) is 37.5. The van der Waals surface area contributed by atoms with Gasteiger partial charge in [0, 0.05) is 23.5 Å². The molecule has 2 aromatic carbocycles. The highest BCUT2D eigenvalue weighted by atomic mass is 32.1. The van der Waals surface area contributed by atoms with Crippen molar-refractivity contribution in [2.75, 3.05) is 0 Å². The van der Waals surface area contributed by atoms with Crippen LogP contribution in [0.5, 0.6) is 0 Å². The highest BCUT2D eigenvalue weighted by Gasteiger charge is 2.31. The summed E-state index contributed by atoms with van der Waals surface area (Å²) in [5.74, 6) is -0.470. The summed E-state index contributed by atoms with van der Waals surface area (Å²) >= 11 is 2.90. The Kier molecular flexibility index (Phi) is 14.5. The Balaban J connectivity index is 1.44. The summed E-state index contributed by atoms with van der Waals surface area (Å²) in [6.45, 7) is 7.80. The molecule has 0 aliphatic heterocycles. The molecule has 0 bridgehead atoms. The Morgan fingerprint density at radius 3 is 2.04 bits per heavy atom. The zero-order valence-corrected chi connectivity index (χ0v) is 29.8. The Bertz CT molecular complexity index is 1580. The van der Waals surface area contributed by atoms with Crippen LogP contribution in [-0.4, -0.2) is 57.4 Å². The molecular weight excluding hydrogens is 663 g/mol. The number of aliphatic hydroxyl groups is 1. The van der Waals surface area contributed by atoms with E-state index >= 15 is 0 Å². The average Bonchev–Trinajstić information content (AvgIpc) is 3.79. The van der Waals surface area contributed by atoms with Crippen molar-refractivity contribution in [3.05, 3.63) is 104 Å². The summed E-state index contributed by atoms with van der Waals surface area (Å²) < 4.78 is 10.8. The molecule has 0 saturated heterocycles. The van der Waals surface area contributed by atoms with Gasteiger partial charge >= 0.3 is 12.2 Å². The van der Waals surface area contributed by atoms with Gasteiger partial charge in [0.2, 0.25) is 5.91 Å². The van der Waals surface area contributed by atoms with E-state index in [0.717, 1.165) is 21.0 Å². The Morgan fingerprint density at radius 2 is 1.45 bits per heavy atom. The second-order valence-corrected chi connectivity index (χ2v) is 14.3. The summed E-state index contributed by atoms with van der Waals surface area (Å²) in [6.07, 6.45) is 0.0819. The predicted octanol–water partition coefficient (Wildman–Crippen LogP) is 5.99. The second-order valence-electron chi connectivity index (χ2n) is 12.5. The van der Waals surface area contributed by atoms with Crippen LogP contribution in [0.3, 0.4) is 0 Å². The standard InChI is InChI=1S/C36H45N5O6S2/c1-23(2)32(41-36(45)46-19-28-21-48-34(38-28)24(3)4)33(43)40-30(16-26-13-9-6-10-14-26)31(42)17-27(15-25-11-7-5-8-12-25)39-35(44)47-20-29-18-37-22-49-29/h5-14,18,21-24,27,30-32,42H,15-17,19-20H2,1-4H3,(H,39,44)(H,40,43)(H,41,45)/t27-,30-,31-,32?/m0/s1. The fraction of sp³-hybridized carbons (Fsp3) is 0.417. The summed E-state index contributed by atoms with van der Waals surface area (Å²) in [4.78, 5) is 48.7. The van der Waals surface area contributed by atoms with Crippen LogP contribution >= 0.6 is 22.7 Å². The molecule has 3 amide bonds. The number of hydrogen-bond donors (Lipinski definition) is 4. The minimum Gasteiger partial charge on any atom is -0.444 e. The molecule has 0 radical (unpaired) electrons. The molecule has 0 aliphatic rings. The number of amides is 3. The van der Waals surface area contributed by atoms with Crippen molar-refractivity contribution in [1.29, 1.82) is 0 Å². The molecule has 262 valence electrons. The predicted molar refractivity (Wildman–Crippen MR) is 190 cm³/mol. The third-order valence-corrected chi connectivity index (χ3v) is 9.68. The van der Waals surface area contributed by atoms with E-state index in [0.29, 0.717) is 18.5 Å². The van der Waals surface area contributed by atoms with Gasteiger partial charge in [-0.1, -0.05) is 88.4 Å². The molecule has 13 heteroatoms. The van der Waals surface area contributed by atoms with E-state index in [4.69, 9.17) is 9.47 Å². The van der Waals surface area contributed by atoms with Crippen LogP contribution in [0.25, 0.3) is 0 Å². The van der Waals surface area contributed by atoms with Crippen molar-refractivity contribution in [2.45, 2.75) is 90.3 Å². The maximum Gasteiger partial charge on any atom is 0.408 e. The van der Waals surface area contributed by atoms with Gasteiger partial charge in [-0.15, -0.1) is 22.7 Å². The maximum absolute atomic E-state index is 13.7. The van der Waals surface area contributed by atoms with Crippen LogP contribution in [0.15, 0.2) is 77.8 Å². The van der Waals surface area contributed by atoms with E-state index in [1.165, 1.54) is 22.7 Å². The molecule has 0 aliphatic carbocycles. The van der Waals surface area contributed by atoms with E-state index in [9.17, 15) is 19.5 Å². The largest absolute Gasteiger partial charge is 0.444 e. The highest BCUT2D eigenvalue weighted by Crippen LogP contribution is 2.20. The minimum atomic E-state index is -1.07. The number of aromatic nitrogens is 2. The Labute approximate surface area is 295 Å². The van der Waals surface area contributed by atoms with Crippen LogP contribution in [-0.2, 0) is 40.3 Å². The van der Waals surface area contributed by atoms with Crippen molar-refractivity contribution < 1.29 is 29.0 Å². The normalized spacial score (nSPS) is 13.7. The Morgan fingerprint density at radius 1 is 0.816 bits per heavy atom. The lowest BCUT2D eigenvalue weighted by molar-refractivity contribution is -0.125. The summed E-state index contributed by atoms with van der Waals surface area (Å²) in [7, 11) is 0. The molecule has 2 aromatic heterocycles. The van der Waals surface area contributed by atoms with Gasteiger partial charge in [0.25, 0.3) is 0 Å². The number of thiazole rings is 2. The molecule has 4 aromatic rings. The molecule has 0 spiro atoms. The molecule has 4 rings (SSSR count). The second kappa shape index (κ2) is 19.0. The van der Waals surface area contributed by atoms with Crippen LogP contribution in [0.4, 0.5) is 9.59 Å². The number of hydrogen-bond acceptors (Lipinski definition) is 10. The zero-order valence-electron chi connectivity index (χ0n) is 28.2. The quantitative estimate of drug-likeness (QED) is 0.105. The average molecular weight is 708 g/mol. The molecular formula is C36H45N5O6S2. The molecule has 2 heterocycles. The lowest BCUT2D eigenvalue weighted by Crippen LogP contribution is -2.56. The lowest BCUT2D eigenvalue weighted by Gasteiger charge is -2.30. The van der Waals surface area contributed by atoms with Gasteiger partial charge in [-0.25, -0.2) is 14.6 Å². The van der Waals surface area contributed by atoms with Crippen molar-refractivity contribution in [2.24, 2.45) is 5.92 Å². The van der Waals surface area contributed by atoms with Crippen LogP contribution in [0, 0.1) is 5.92 Å². The number of nitrogens with zero attached hydrogens (tertiary/aromatic N) is 2. The molecule has 4 N–H and O–H groups in total. The summed E-state index contributed by atoms with van der Waals surface area (Å²) in [6, 6.07) is 16.9. The van der Waals surface area contributed by atoms with Crippen molar-refractivity contribution in [3.8, 4) is 0 Å². The van der Waals surface area contributed by atoms with E-state index in [-0.39, 0.29) is 31.5 Å². The number of nitrogens with one attached hydrogen (secondary N) is 3. The fourth-order valence-corrected chi connectivity index (χ4v) is 6.45. The van der Waals surface area contributed by atoms with Crippen LogP contribution in [0.1, 0.15) is 66.7 Å². The molecule has 49 heavy (non-hydrogen) atoms. The van der Waals surface area contributed by atoms with Gasteiger partial charge in [0.1, 0.15) is 19.3 Å². The van der Waals surface area contributed by atoms with Crippen molar-refractivity contribution in [1.82, 2.24) is 25.9 Å². The number of alkyl carbamates (subject to hydrolysis) is 2. The fourth-order valence-electron chi connectivity index (χ4n) is 5.13. The van der Waals surface area contributed by atoms with Crippen molar-refractivity contribution in [3.63, 3.8) is 0 Å². The van der Waals surface area contributed by atoms with Gasteiger partial charge in [-0.2, -0.15) is 0 Å². The molecule has 0 saturated carbocycles. The SMILES string of the molecule is CC(C)c1nc(COC(=O)NC(C(=O)N[C@@H](Cc2ccccc2)[C@@H](O)C[C@H](Cc2ccccc2)NC(=O)OCc2cncs2)C(C)C)cs1. The van der Waals surface area contributed by atoms with Crippen LogP contribution in [0.2, 0.25) is 0 Å². The minimum absolute atomic E-state index is 0.0146. The van der Waals surface area contributed by atoms with Gasteiger partial charge in [-0.3, -0.25) is 9.78 Å². The number of aliphatic hydroxyl groups excluding tert-OH is 1. The third-order valence-electron chi connectivity index (χ3n) is 7.73. The zero-order chi connectivity index (χ0) is 35.2. The molecule has 1 unspecified atom stereocenters. The van der Waals surface area contributed by atoms with Gasteiger partial charge < -0.3 is 30.5 Å².